The Balaban J connectivity index is 1.15. The molecule has 3 heterocycles. The highest BCUT2D eigenvalue weighted by atomic mass is 16.8. The fourth-order valence-corrected chi connectivity index (χ4v) is 15.1. The Bertz CT molecular complexity index is 1710. The first kappa shape index (κ1) is 53.8. The fourth-order valence-electron chi connectivity index (χ4n) is 15.1. The Hall–Kier alpha value is -1.02. The summed E-state index contributed by atoms with van der Waals surface area (Å²) in [6.07, 6.45) is -19.2. The minimum Gasteiger partial charge on any atom is -0.394 e. The van der Waals surface area contributed by atoms with Gasteiger partial charge in [0.2, 0.25) is 0 Å². The van der Waals surface area contributed by atoms with Crippen LogP contribution in [0.5, 0.6) is 0 Å². The van der Waals surface area contributed by atoms with Gasteiger partial charge in [-0.1, -0.05) is 46.3 Å². The summed E-state index contributed by atoms with van der Waals surface area (Å²) in [6.45, 7) is 14.6. The van der Waals surface area contributed by atoms with E-state index in [1.165, 1.54) is 0 Å². The zero-order valence-electron chi connectivity index (χ0n) is 40.3. The smallest absolute Gasteiger partial charge is 0.187 e. The Morgan fingerprint density at radius 1 is 0.627 bits per heavy atom. The Labute approximate surface area is 393 Å². The van der Waals surface area contributed by atoms with E-state index in [1.807, 2.05) is 34.6 Å². The van der Waals surface area contributed by atoms with Crippen molar-refractivity contribution >= 4 is 0 Å². The molecule has 0 aromatic carbocycles. The Morgan fingerprint density at radius 3 is 1.73 bits per heavy atom. The van der Waals surface area contributed by atoms with E-state index in [0.29, 0.717) is 51.4 Å². The average Bonchev–Trinajstić information content (AvgIpc) is 3.65. The average molecular weight is 963 g/mol. The quantitative estimate of drug-likeness (QED) is 0.0773. The minimum absolute atomic E-state index is 0.0733. The first-order chi connectivity index (χ1) is 31.3. The molecule has 67 heavy (non-hydrogen) atoms. The van der Waals surface area contributed by atoms with Gasteiger partial charge in [0.15, 0.2) is 18.9 Å². The largest absolute Gasteiger partial charge is 0.394 e. The van der Waals surface area contributed by atoms with Crippen LogP contribution in [0, 0.1) is 45.3 Å². The third-order valence-electron chi connectivity index (χ3n) is 18.7. The van der Waals surface area contributed by atoms with Crippen molar-refractivity contribution in [1.82, 2.24) is 0 Å². The topological polar surface area (TPSA) is 318 Å². The van der Waals surface area contributed by atoms with Crippen LogP contribution < -0.4 is 0 Å². The highest BCUT2D eigenvalue weighted by Gasteiger charge is 2.74. The molecule has 388 valence electrons. The van der Waals surface area contributed by atoms with Crippen LogP contribution >= 0.6 is 0 Å². The molecule has 7 aliphatic rings. The lowest BCUT2D eigenvalue weighted by Crippen LogP contribution is -2.70. The van der Waals surface area contributed by atoms with Crippen molar-refractivity contribution in [2.45, 2.75) is 223 Å². The summed E-state index contributed by atoms with van der Waals surface area (Å²) in [6, 6.07) is 0. The molecule has 0 amide bonds. The maximum Gasteiger partial charge on any atom is 0.187 e. The molecule has 0 radical (unpaired) electrons. The Kier molecular flexibility index (Phi) is 15.9. The molecule has 7 rings (SSSR count). The number of hydrogen-bond donors (Lipinski definition) is 13. The second-order valence-corrected chi connectivity index (χ2v) is 23.1. The number of aliphatic hydroxyl groups excluding tert-OH is 13. The molecule has 0 bridgehead atoms. The summed E-state index contributed by atoms with van der Waals surface area (Å²) >= 11 is 0. The van der Waals surface area contributed by atoms with Crippen molar-refractivity contribution in [3.63, 3.8) is 0 Å². The maximum atomic E-state index is 12.7. The van der Waals surface area contributed by atoms with Gasteiger partial charge in [0, 0.05) is 0 Å². The summed E-state index contributed by atoms with van der Waals surface area (Å²) in [7, 11) is 0. The van der Waals surface area contributed by atoms with Crippen LogP contribution in [-0.4, -0.2) is 202 Å². The number of fused-ring (bicyclic) bond motifs is 5. The lowest BCUT2D eigenvalue weighted by atomic mass is 9.34. The van der Waals surface area contributed by atoms with Crippen molar-refractivity contribution in [1.29, 1.82) is 0 Å². The molecule has 4 aliphatic carbocycles. The number of hydrogen-bond acceptors (Lipinski definition) is 19. The van der Waals surface area contributed by atoms with Gasteiger partial charge in [0.05, 0.1) is 43.7 Å². The molecule has 0 aromatic rings. The van der Waals surface area contributed by atoms with Crippen LogP contribution in [0.2, 0.25) is 0 Å². The van der Waals surface area contributed by atoms with E-state index in [4.69, 9.17) is 28.4 Å². The van der Waals surface area contributed by atoms with Gasteiger partial charge < -0.3 is 94.8 Å². The number of rotatable bonds is 13. The third-order valence-corrected chi connectivity index (χ3v) is 18.7. The molecule has 0 aromatic heterocycles. The molecule has 2 unspecified atom stereocenters. The van der Waals surface area contributed by atoms with Crippen molar-refractivity contribution in [2.75, 3.05) is 19.8 Å². The maximum absolute atomic E-state index is 12.7. The minimum atomic E-state index is -1.83. The molecule has 4 saturated carbocycles. The standard InChI is InChI=1S/C48H82O19/c1-21(2)10-9-13-48(8,67-42-38(61)35(58)32(55)26(19-50)63-42)22-11-15-46(6)30(22)23(52)16-28-45(5)14-12-29(44(3,4)40(45)24(53)17-47(28,46)7)65-43-39(36(59)33(56)27(20-51)64-43)66-41-37(60)34(57)31(54)25(18-49)62-41/h10,22-43,49-61H,9,11-20H2,1-8H3/t22-,23+,24-,25+,26+,27+,28+,29-,30?,31+,32+,33+,34-,35-,36-,37+,38+,39+,40?,41-,42-,43-,45+,46+,47+,48-/m0/s1. The zero-order chi connectivity index (χ0) is 49.5. The number of allylic oxidation sites excluding steroid dienone is 2. The SMILES string of the molecule is CC(C)=CCC[C@](C)(O[C@@H]1O[C@H](CO)[C@@H](O)[C@H](O)[C@H]1O)[C@H]1CC[C@]2(C)C1[C@H](O)C[C@@H]1[C@@]3(C)CC[C@H](O[C@@H]4O[C@H](CO)[C@@H](O)[C@H](O)[C@H]4O[C@@H]4O[C@H](CO)[C@@H](O)[C@H](O)[C@H]4O)C(C)(C)C3[C@@H](O)C[C@]12C. The molecule has 0 spiro atoms. The van der Waals surface area contributed by atoms with E-state index < -0.39 is 158 Å². The normalized spacial score (nSPS) is 52.9. The molecule has 3 aliphatic heterocycles. The third kappa shape index (κ3) is 9.03. The summed E-state index contributed by atoms with van der Waals surface area (Å²) in [4.78, 5) is 0. The Morgan fingerprint density at radius 2 is 1.16 bits per heavy atom. The molecule has 19 heteroatoms. The van der Waals surface area contributed by atoms with Crippen LogP contribution in [0.15, 0.2) is 11.6 Å². The van der Waals surface area contributed by atoms with Crippen molar-refractivity contribution < 1.29 is 94.8 Å². The second kappa shape index (κ2) is 19.8. The van der Waals surface area contributed by atoms with E-state index >= 15 is 0 Å². The lowest BCUT2D eigenvalue weighted by molar-refractivity contribution is -0.380. The van der Waals surface area contributed by atoms with Crippen LogP contribution in [0.4, 0.5) is 0 Å². The van der Waals surface area contributed by atoms with Gasteiger partial charge in [-0.2, -0.15) is 0 Å². The molecular weight excluding hydrogens is 881 g/mol. The first-order valence-corrected chi connectivity index (χ1v) is 24.5. The van der Waals surface area contributed by atoms with Gasteiger partial charge in [-0.05, 0) is 117 Å². The highest BCUT2D eigenvalue weighted by Crippen LogP contribution is 2.76. The van der Waals surface area contributed by atoms with E-state index in [2.05, 4.69) is 26.8 Å². The summed E-state index contributed by atoms with van der Waals surface area (Å²) in [5.74, 6) is -1.02. The van der Waals surface area contributed by atoms with Gasteiger partial charge >= 0.3 is 0 Å². The molecule has 3 saturated heterocycles. The molecule has 13 N–H and O–H groups in total. The van der Waals surface area contributed by atoms with Gasteiger partial charge in [-0.25, -0.2) is 0 Å². The van der Waals surface area contributed by atoms with Gasteiger partial charge in [-0.15, -0.1) is 0 Å². The van der Waals surface area contributed by atoms with E-state index in [-0.39, 0.29) is 23.7 Å². The number of ether oxygens (including phenoxy) is 6. The molecular formula is C48H82O19. The summed E-state index contributed by atoms with van der Waals surface area (Å²) in [5.41, 5.74) is -2.23. The molecule has 26 atom stereocenters. The molecule has 19 nitrogen and oxygen atoms in total. The molecule has 7 fully saturated rings. The van der Waals surface area contributed by atoms with Gasteiger partial charge in [-0.3, -0.25) is 0 Å². The second-order valence-electron chi connectivity index (χ2n) is 23.1. The first-order valence-electron chi connectivity index (χ1n) is 24.5. The van der Waals surface area contributed by atoms with Crippen molar-refractivity contribution in [2.24, 2.45) is 45.3 Å². The van der Waals surface area contributed by atoms with Gasteiger partial charge in [0.25, 0.3) is 0 Å². The predicted octanol–water partition coefficient (Wildman–Crippen LogP) is -1.06. The van der Waals surface area contributed by atoms with Crippen molar-refractivity contribution in [3.05, 3.63) is 11.6 Å². The number of aliphatic hydroxyl groups is 13. The van der Waals surface area contributed by atoms with Crippen molar-refractivity contribution in [3.8, 4) is 0 Å². The van der Waals surface area contributed by atoms with Crippen LogP contribution in [0.1, 0.15) is 107 Å². The predicted molar refractivity (Wildman–Crippen MR) is 235 cm³/mol. The van der Waals surface area contributed by atoms with Crippen LogP contribution in [-0.2, 0) is 28.4 Å². The van der Waals surface area contributed by atoms with E-state index in [9.17, 15) is 66.4 Å². The highest BCUT2D eigenvalue weighted by molar-refractivity contribution is 5.22. The van der Waals surface area contributed by atoms with E-state index in [0.717, 1.165) is 5.57 Å². The summed E-state index contributed by atoms with van der Waals surface area (Å²) < 4.78 is 37.0. The zero-order valence-corrected chi connectivity index (χ0v) is 40.3. The fraction of sp³-hybridized carbons (Fsp3) is 0.958. The van der Waals surface area contributed by atoms with Crippen LogP contribution in [0.3, 0.4) is 0 Å². The van der Waals surface area contributed by atoms with E-state index in [1.54, 1.807) is 0 Å². The van der Waals surface area contributed by atoms with Gasteiger partial charge in [0.1, 0.15) is 73.2 Å². The summed E-state index contributed by atoms with van der Waals surface area (Å²) in [5, 5.41) is 142. The monoisotopic (exact) mass is 963 g/mol. The lowest BCUT2D eigenvalue weighted by Gasteiger charge is -2.71. The van der Waals surface area contributed by atoms with Crippen LogP contribution in [0.25, 0.3) is 0 Å².